The number of nitrogens with one attached hydrogen (secondary N) is 2. The first-order valence-corrected chi connectivity index (χ1v) is 8.19. The lowest BCUT2D eigenvalue weighted by Crippen LogP contribution is -2.31. The number of halogens is 1. The van der Waals surface area contributed by atoms with Gasteiger partial charge in [0.05, 0.1) is 11.7 Å². The van der Waals surface area contributed by atoms with Crippen LogP contribution < -0.4 is 10.6 Å². The van der Waals surface area contributed by atoms with Crippen molar-refractivity contribution in [1.82, 2.24) is 19.9 Å². The number of thiazole rings is 1. The minimum atomic E-state index is -0.382. The van der Waals surface area contributed by atoms with E-state index in [1.54, 1.807) is 54.5 Å². The number of imidazole rings is 1. The maximum Gasteiger partial charge on any atom is 0.321 e. The van der Waals surface area contributed by atoms with Gasteiger partial charge in [0.1, 0.15) is 11.6 Å². The van der Waals surface area contributed by atoms with Crippen molar-refractivity contribution >= 4 is 22.5 Å². The van der Waals surface area contributed by atoms with Crippen molar-refractivity contribution in [3.05, 3.63) is 59.4 Å². The van der Waals surface area contributed by atoms with Gasteiger partial charge >= 0.3 is 6.03 Å². The Labute approximate surface area is 142 Å². The van der Waals surface area contributed by atoms with E-state index in [1.165, 1.54) is 17.4 Å². The number of hydrogen-bond acceptors (Lipinski definition) is 4. The average molecular weight is 345 g/mol. The molecule has 0 radical (unpaired) electrons. The summed E-state index contributed by atoms with van der Waals surface area (Å²) in [4.78, 5) is 20.0. The quantitative estimate of drug-likeness (QED) is 0.758. The Kier molecular flexibility index (Phi) is 4.57. The number of aromatic nitrogens is 3. The summed E-state index contributed by atoms with van der Waals surface area (Å²) in [5.41, 5.74) is 1.09. The Morgan fingerprint density at radius 1 is 1.33 bits per heavy atom. The molecule has 0 saturated carbocycles. The summed E-state index contributed by atoms with van der Waals surface area (Å²) in [6, 6.07) is 4.15. The van der Waals surface area contributed by atoms with E-state index in [0.717, 1.165) is 0 Å². The lowest BCUT2D eigenvalue weighted by atomic mass is 10.1. The van der Waals surface area contributed by atoms with Gasteiger partial charge in [0.15, 0.2) is 5.13 Å². The zero-order valence-electron chi connectivity index (χ0n) is 13.2. The minimum absolute atomic E-state index is 0.350. The highest BCUT2D eigenvalue weighted by Crippen LogP contribution is 2.21. The molecule has 0 unspecified atom stereocenters. The number of nitrogens with zero attached hydrogens (tertiary/aromatic N) is 3. The topological polar surface area (TPSA) is 71.8 Å². The van der Waals surface area contributed by atoms with Gasteiger partial charge in [0, 0.05) is 24.0 Å². The molecule has 2 aromatic heterocycles. The van der Waals surface area contributed by atoms with E-state index in [4.69, 9.17) is 0 Å². The van der Waals surface area contributed by atoms with Crippen LogP contribution in [-0.2, 0) is 0 Å². The van der Waals surface area contributed by atoms with Gasteiger partial charge in [-0.1, -0.05) is 6.07 Å². The fourth-order valence-electron chi connectivity index (χ4n) is 2.32. The predicted molar refractivity (Wildman–Crippen MR) is 90.9 cm³/mol. The van der Waals surface area contributed by atoms with Gasteiger partial charge < -0.3 is 9.88 Å². The van der Waals surface area contributed by atoms with Crippen LogP contribution in [0.1, 0.15) is 24.4 Å². The summed E-state index contributed by atoms with van der Waals surface area (Å²) < 4.78 is 16.1. The fraction of sp³-hybridized carbons (Fsp3) is 0.188. The Hall–Kier alpha value is -2.74. The van der Waals surface area contributed by atoms with Gasteiger partial charge in [-0.3, -0.25) is 5.32 Å². The second kappa shape index (κ2) is 6.79. The molecule has 0 saturated heterocycles. The molecule has 6 nitrogen and oxygen atoms in total. The molecule has 8 heteroatoms. The summed E-state index contributed by atoms with van der Waals surface area (Å²) >= 11 is 1.33. The van der Waals surface area contributed by atoms with Crippen LogP contribution >= 0.6 is 11.3 Å². The highest BCUT2D eigenvalue weighted by atomic mass is 32.1. The maximum absolute atomic E-state index is 14.4. The molecule has 0 fully saturated rings. The van der Waals surface area contributed by atoms with Crippen LogP contribution in [0.25, 0.3) is 5.69 Å². The summed E-state index contributed by atoms with van der Waals surface area (Å²) in [5, 5.41) is 7.67. The van der Waals surface area contributed by atoms with Gasteiger partial charge in [-0.15, -0.1) is 11.3 Å². The SMILES string of the molecule is Cc1nccn1-c1ccc([C@@H](C)NC(=O)Nc2nccs2)cc1F. The largest absolute Gasteiger partial charge is 0.331 e. The Balaban J connectivity index is 1.71. The molecule has 2 N–H and O–H groups in total. The van der Waals surface area contributed by atoms with E-state index in [1.807, 2.05) is 0 Å². The van der Waals surface area contributed by atoms with E-state index in [0.29, 0.717) is 22.2 Å². The Morgan fingerprint density at radius 2 is 2.17 bits per heavy atom. The first kappa shape index (κ1) is 16.1. The first-order valence-electron chi connectivity index (χ1n) is 7.31. The molecule has 3 aromatic rings. The molecular formula is C16H16FN5OS. The summed E-state index contributed by atoms with van der Waals surface area (Å²) in [6.07, 6.45) is 4.93. The van der Waals surface area contributed by atoms with Gasteiger partial charge in [-0.05, 0) is 31.5 Å². The zero-order chi connectivity index (χ0) is 17.1. The average Bonchev–Trinajstić information content (AvgIpc) is 3.19. The molecule has 0 aliphatic carbocycles. The van der Waals surface area contributed by atoms with Crippen molar-refractivity contribution in [3.63, 3.8) is 0 Å². The van der Waals surface area contributed by atoms with Crippen LogP contribution in [0.5, 0.6) is 0 Å². The summed E-state index contributed by atoms with van der Waals surface area (Å²) in [7, 11) is 0. The van der Waals surface area contributed by atoms with Crippen LogP contribution in [0.4, 0.5) is 14.3 Å². The summed E-state index contributed by atoms with van der Waals surface area (Å²) in [6.45, 7) is 3.60. The third-order valence-corrected chi connectivity index (χ3v) is 4.25. The molecule has 0 aliphatic heterocycles. The molecule has 0 aliphatic rings. The molecule has 3 rings (SSSR count). The van der Waals surface area contributed by atoms with E-state index >= 15 is 0 Å². The highest BCUT2D eigenvalue weighted by Gasteiger charge is 2.14. The standard InChI is InChI=1S/C16H16FN5OS/c1-10(20-15(23)21-16-19-6-8-24-16)12-3-4-14(13(17)9-12)22-7-5-18-11(22)2/h3-10H,1-2H3,(H2,19,20,21,23)/t10-/m1/s1. The molecule has 1 atom stereocenters. The fourth-order valence-corrected chi connectivity index (χ4v) is 2.84. The molecule has 2 heterocycles. The van der Waals surface area contributed by atoms with Crippen molar-refractivity contribution in [3.8, 4) is 5.69 Å². The number of urea groups is 1. The lowest BCUT2D eigenvalue weighted by Gasteiger charge is -2.16. The molecule has 24 heavy (non-hydrogen) atoms. The number of hydrogen-bond donors (Lipinski definition) is 2. The second-order valence-corrected chi connectivity index (χ2v) is 6.11. The molecule has 0 spiro atoms. The van der Waals surface area contributed by atoms with Crippen molar-refractivity contribution in [2.24, 2.45) is 0 Å². The second-order valence-electron chi connectivity index (χ2n) is 5.21. The smallest absolute Gasteiger partial charge is 0.321 e. The van der Waals surface area contributed by atoms with Crippen LogP contribution in [0.3, 0.4) is 0 Å². The summed E-state index contributed by atoms with van der Waals surface area (Å²) in [5.74, 6) is 0.332. The van der Waals surface area contributed by atoms with Gasteiger partial charge in [0.25, 0.3) is 0 Å². The molecule has 0 bridgehead atoms. The van der Waals surface area contributed by atoms with Crippen LogP contribution in [0.15, 0.2) is 42.2 Å². The van der Waals surface area contributed by atoms with Crippen molar-refractivity contribution in [2.75, 3.05) is 5.32 Å². The van der Waals surface area contributed by atoms with E-state index in [9.17, 15) is 9.18 Å². The van der Waals surface area contributed by atoms with Crippen LogP contribution in [0, 0.1) is 12.7 Å². The number of benzene rings is 1. The normalized spacial score (nSPS) is 12.0. The monoisotopic (exact) mass is 345 g/mol. The number of carbonyl (C=O) groups excluding carboxylic acids is 1. The van der Waals surface area contributed by atoms with E-state index < -0.39 is 0 Å². The molecule has 124 valence electrons. The molecule has 1 aromatic carbocycles. The number of rotatable bonds is 4. The third-order valence-electron chi connectivity index (χ3n) is 3.56. The number of aryl methyl sites for hydroxylation is 1. The zero-order valence-corrected chi connectivity index (χ0v) is 14.0. The highest BCUT2D eigenvalue weighted by molar-refractivity contribution is 7.13. The molecule has 2 amide bonds. The number of anilines is 1. The maximum atomic E-state index is 14.4. The first-order chi connectivity index (χ1) is 11.5. The lowest BCUT2D eigenvalue weighted by molar-refractivity contribution is 0.249. The minimum Gasteiger partial charge on any atom is -0.331 e. The number of carbonyl (C=O) groups is 1. The molecular weight excluding hydrogens is 329 g/mol. The third kappa shape index (κ3) is 3.43. The van der Waals surface area contributed by atoms with Crippen LogP contribution in [0.2, 0.25) is 0 Å². The Bertz CT molecular complexity index is 846. The van der Waals surface area contributed by atoms with Gasteiger partial charge in [0.2, 0.25) is 0 Å². The van der Waals surface area contributed by atoms with Crippen molar-refractivity contribution in [2.45, 2.75) is 19.9 Å². The van der Waals surface area contributed by atoms with E-state index in [-0.39, 0.29) is 17.9 Å². The van der Waals surface area contributed by atoms with Crippen molar-refractivity contribution < 1.29 is 9.18 Å². The van der Waals surface area contributed by atoms with E-state index in [2.05, 4.69) is 20.6 Å². The van der Waals surface area contributed by atoms with Crippen molar-refractivity contribution in [1.29, 1.82) is 0 Å². The predicted octanol–water partition coefficient (Wildman–Crippen LogP) is 3.66. The number of amides is 2. The van der Waals surface area contributed by atoms with Gasteiger partial charge in [-0.2, -0.15) is 0 Å². The van der Waals surface area contributed by atoms with Gasteiger partial charge in [-0.25, -0.2) is 19.2 Å². The van der Waals surface area contributed by atoms with Crippen LogP contribution in [-0.4, -0.2) is 20.6 Å². The Morgan fingerprint density at radius 3 is 2.79 bits per heavy atom.